The lowest BCUT2D eigenvalue weighted by atomic mass is 10.3. The van der Waals surface area contributed by atoms with Gasteiger partial charge in [0.1, 0.15) is 0 Å². The number of anilines is 2. The molecule has 0 saturated carbocycles. The second-order valence-electron chi connectivity index (χ2n) is 3.38. The second-order valence-corrected chi connectivity index (χ2v) is 4.26. The van der Waals surface area contributed by atoms with E-state index in [0.717, 1.165) is 5.69 Å². The van der Waals surface area contributed by atoms with Gasteiger partial charge in [-0.25, -0.2) is 0 Å². The van der Waals surface area contributed by atoms with E-state index in [0.29, 0.717) is 18.5 Å². The molecular weight excluding hydrogens is 236 g/mol. The predicted molar refractivity (Wildman–Crippen MR) is 68.6 cm³/mol. The van der Waals surface area contributed by atoms with Crippen LogP contribution in [-0.4, -0.2) is 23.5 Å². The molecule has 1 aromatic heterocycles. The smallest absolute Gasteiger partial charge is 0.320 e. The van der Waals surface area contributed by atoms with Gasteiger partial charge in [0, 0.05) is 10.6 Å². The first kappa shape index (κ1) is 11.9. The Morgan fingerprint density at radius 1 is 1.24 bits per heavy atom. The Labute approximate surface area is 104 Å². The van der Waals surface area contributed by atoms with E-state index in [2.05, 4.69) is 20.8 Å². The summed E-state index contributed by atoms with van der Waals surface area (Å²) in [5.74, 6) is 0.565. The summed E-state index contributed by atoms with van der Waals surface area (Å²) in [6.07, 6.45) is 2.05. The topological polar surface area (TPSA) is 63.0 Å². The highest BCUT2D eigenvalue weighted by molar-refractivity contribution is 7.98. The summed E-state index contributed by atoms with van der Waals surface area (Å²) in [5.41, 5.74) is 0.933. The number of hydrogen-bond donors (Lipinski definition) is 2. The summed E-state index contributed by atoms with van der Waals surface area (Å²) < 4.78 is 5.38. The van der Waals surface area contributed by atoms with Crippen LogP contribution in [0.1, 0.15) is 5.89 Å². The highest BCUT2D eigenvalue weighted by Crippen LogP contribution is 2.20. The van der Waals surface area contributed by atoms with Gasteiger partial charge in [0.25, 0.3) is 0 Å². The molecule has 0 atom stereocenters. The van der Waals surface area contributed by atoms with Gasteiger partial charge in [0.05, 0.1) is 6.54 Å². The van der Waals surface area contributed by atoms with Crippen LogP contribution in [-0.2, 0) is 6.54 Å². The van der Waals surface area contributed by atoms with Crippen LogP contribution in [0.3, 0.4) is 0 Å². The van der Waals surface area contributed by atoms with Crippen molar-refractivity contribution in [2.45, 2.75) is 11.4 Å². The van der Waals surface area contributed by atoms with Gasteiger partial charge < -0.3 is 15.1 Å². The molecule has 6 heteroatoms. The molecule has 0 aliphatic heterocycles. The van der Waals surface area contributed by atoms with Crippen LogP contribution >= 0.6 is 11.8 Å². The molecule has 0 saturated heterocycles. The van der Waals surface area contributed by atoms with Gasteiger partial charge in [-0.3, -0.25) is 0 Å². The van der Waals surface area contributed by atoms with Crippen molar-refractivity contribution >= 4 is 23.5 Å². The number of thioether (sulfide) groups is 1. The van der Waals surface area contributed by atoms with Gasteiger partial charge in [-0.1, -0.05) is 5.10 Å². The molecule has 5 nitrogen and oxygen atoms in total. The molecule has 0 aliphatic rings. The minimum atomic E-state index is 0.409. The molecule has 0 spiro atoms. The Bertz CT molecular complexity index is 469. The molecule has 0 aliphatic carbocycles. The maximum atomic E-state index is 5.38. The van der Waals surface area contributed by atoms with Gasteiger partial charge in [0.2, 0.25) is 5.89 Å². The third-order valence-electron chi connectivity index (χ3n) is 2.14. The molecule has 90 valence electrons. The van der Waals surface area contributed by atoms with E-state index in [1.807, 2.05) is 37.6 Å². The summed E-state index contributed by atoms with van der Waals surface area (Å²) in [5, 5.41) is 13.8. The Morgan fingerprint density at radius 3 is 2.65 bits per heavy atom. The summed E-state index contributed by atoms with van der Waals surface area (Å²) in [6, 6.07) is 8.45. The number of nitrogens with zero attached hydrogens (tertiary/aromatic N) is 2. The van der Waals surface area contributed by atoms with E-state index < -0.39 is 0 Å². The van der Waals surface area contributed by atoms with Crippen LogP contribution in [0.2, 0.25) is 0 Å². The minimum Gasteiger partial charge on any atom is -0.406 e. The van der Waals surface area contributed by atoms with Crippen molar-refractivity contribution in [2.75, 3.05) is 18.6 Å². The van der Waals surface area contributed by atoms with Gasteiger partial charge in [-0.15, -0.1) is 16.9 Å². The van der Waals surface area contributed by atoms with E-state index in [-0.39, 0.29) is 0 Å². The fourth-order valence-electron chi connectivity index (χ4n) is 1.32. The maximum Gasteiger partial charge on any atom is 0.320 e. The lowest BCUT2D eigenvalue weighted by Crippen LogP contribution is -2.04. The molecule has 2 N–H and O–H groups in total. The zero-order chi connectivity index (χ0) is 12.1. The van der Waals surface area contributed by atoms with E-state index in [1.165, 1.54) is 4.90 Å². The SMILES string of the molecule is CNCc1nnc(Nc2ccc(SC)cc2)o1. The fraction of sp³-hybridized carbons (Fsp3) is 0.273. The van der Waals surface area contributed by atoms with Crippen LogP contribution in [0, 0.1) is 0 Å². The van der Waals surface area contributed by atoms with Crippen molar-refractivity contribution in [1.29, 1.82) is 0 Å². The second kappa shape index (κ2) is 5.70. The monoisotopic (exact) mass is 250 g/mol. The third-order valence-corrected chi connectivity index (χ3v) is 2.88. The quantitative estimate of drug-likeness (QED) is 0.794. The molecule has 0 unspecified atom stereocenters. The van der Waals surface area contributed by atoms with Crippen molar-refractivity contribution in [3.05, 3.63) is 30.2 Å². The van der Waals surface area contributed by atoms with Crippen molar-refractivity contribution in [3.63, 3.8) is 0 Å². The Morgan fingerprint density at radius 2 is 2.00 bits per heavy atom. The molecular formula is C11H14N4OS. The highest BCUT2D eigenvalue weighted by Gasteiger charge is 2.04. The van der Waals surface area contributed by atoms with Crippen molar-refractivity contribution in [3.8, 4) is 0 Å². The predicted octanol–water partition coefficient (Wildman–Crippen LogP) is 2.25. The molecule has 1 heterocycles. The van der Waals surface area contributed by atoms with Crippen molar-refractivity contribution in [1.82, 2.24) is 15.5 Å². The zero-order valence-corrected chi connectivity index (χ0v) is 10.5. The third kappa shape index (κ3) is 3.21. The Kier molecular flexibility index (Phi) is 4.00. The van der Waals surface area contributed by atoms with Gasteiger partial charge >= 0.3 is 6.01 Å². The number of rotatable bonds is 5. The largest absolute Gasteiger partial charge is 0.406 e. The van der Waals surface area contributed by atoms with E-state index in [4.69, 9.17) is 4.42 Å². The molecule has 0 fully saturated rings. The van der Waals surface area contributed by atoms with Crippen LogP contribution in [0.15, 0.2) is 33.6 Å². The van der Waals surface area contributed by atoms with Crippen molar-refractivity contribution < 1.29 is 4.42 Å². The number of benzene rings is 1. The Balaban J connectivity index is 2.03. The Hall–Kier alpha value is -1.53. The van der Waals surface area contributed by atoms with Crippen molar-refractivity contribution in [2.24, 2.45) is 0 Å². The minimum absolute atomic E-state index is 0.409. The average molecular weight is 250 g/mol. The van der Waals surface area contributed by atoms with Gasteiger partial charge in [-0.2, -0.15) is 0 Å². The first-order valence-corrected chi connectivity index (χ1v) is 6.42. The van der Waals surface area contributed by atoms with Crippen LogP contribution in [0.4, 0.5) is 11.7 Å². The molecule has 1 aromatic carbocycles. The standard InChI is InChI=1S/C11H14N4OS/c1-12-7-10-14-15-11(16-10)13-8-3-5-9(17-2)6-4-8/h3-6,12H,7H2,1-2H3,(H,13,15). The molecule has 0 amide bonds. The highest BCUT2D eigenvalue weighted by atomic mass is 32.2. The first-order valence-electron chi connectivity index (χ1n) is 5.20. The molecule has 2 rings (SSSR count). The normalized spacial score (nSPS) is 10.5. The van der Waals surface area contributed by atoms with Gasteiger partial charge in [0.15, 0.2) is 0 Å². The summed E-state index contributed by atoms with van der Waals surface area (Å²) in [4.78, 5) is 1.22. The van der Waals surface area contributed by atoms with Crippen LogP contribution in [0.5, 0.6) is 0 Å². The van der Waals surface area contributed by atoms with E-state index in [1.54, 1.807) is 11.8 Å². The molecule has 0 bridgehead atoms. The first-order chi connectivity index (χ1) is 8.31. The van der Waals surface area contributed by atoms with E-state index >= 15 is 0 Å². The summed E-state index contributed by atoms with van der Waals surface area (Å²) in [6.45, 7) is 0.570. The van der Waals surface area contributed by atoms with Crippen LogP contribution in [0.25, 0.3) is 0 Å². The van der Waals surface area contributed by atoms with Gasteiger partial charge in [-0.05, 0) is 37.6 Å². The average Bonchev–Trinajstić information content (AvgIpc) is 2.78. The molecule has 2 aromatic rings. The van der Waals surface area contributed by atoms with E-state index in [9.17, 15) is 0 Å². The van der Waals surface area contributed by atoms with Crippen LogP contribution < -0.4 is 10.6 Å². The molecule has 17 heavy (non-hydrogen) atoms. The number of hydrogen-bond acceptors (Lipinski definition) is 6. The number of aromatic nitrogens is 2. The zero-order valence-electron chi connectivity index (χ0n) is 9.73. The lowest BCUT2D eigenvalue weighted by Gasteiger charge is -2.01. The lowest BCUT2D eigenvalue weighted by molar-refractivity contribution is 0.493. The summed E-state index contributed by atoms with van der Waals surface area (Å²) in [7, 11) is 1.83. The fourth-order valence-corrected chi connectivity index (χ4v) is 1.73. The maximum absolute atomic E-state index is 5.38. The summed E-state index contributed by atoms with van der Waals surface area (Å²) >= 11 is 1.71. The number of nitrogens with one attached hydrogen (secondary N) is 2. The molecule has 0 radical (unpaired) electrons.